The number of rotatable bonds is 7. The van der Waals surface area contributed by atoms with Crippen LogP contribution in [-0.4, -0.2) is 33.5 Å². The lowest BCUT2D eigenvalue weighted by atomic mass is 9.85. The van der Waals surface area contributed by atoms with Gasteiger partial charge < -0.3 is 18.9 Å². The summed E-state index contributed by atoms with van der Waals surface area (Å²) >= 11 is 0. The van der Waals surface area contributed by atoms with E-state index < -0.39 is 28.5 Å². The second kappa shape index (κ2) is 11.4. The Labute approximate surface area is 225 Å². The van der Waals surface area contributed by atoms with Crippen molar-refractivity contribution in [2.45, 2.75) is 58.0 Å². The first-order valence-electron chi connectivity index (χ1n) is 12.3. The molecule has 1 atom stereocenters. The van der Waals surface area contributed by atoms with Gasteiger partial charge in [0, 0.05) is 30.7 Å². The second-order valence-corrected chi connectivity index (χ2v) is 10.0. The van der Waals surface area contributed by atoms with E-state index in [0.29, 0.717) is 12.0 Å². The monoisotopic (exact) mass is 535 g/mol. The fourth-order valence-corrected chi connectivity index (χ4v) is 4.17. The Morgan fingerprint density at radius 3 is 2.56 bits per heavy atom. The minimum Gasteiger partial charge on any atom is -0.444 e. The van der Waals surface area contributed by atoms with Crippen LogP contribution in [0.5, 0.6) is 11.6 Å². The largest absolute Gasteiger partial charge is 0.510 e. The number of ether oxygens (including phenoxy) is 4. The highest BCUT2D eigenvalue weighted by Gasteiger charge is 2.43. The molecule has 1 aromatic heterocycles. The normalized spacial score (nSPS) is 16.4. The average Bonchev–Trinajstić information content (AvgIpc) is 2.87. The summed E-state index contributed by atoms with van der Waals surface area (Å²) < 4.78 is 22.4. The number of aryl methyl sites for hydroxylation is 1. The van der Waals surface area contributed by atoms with E-state index in [4.69, 9.17) is 18.9 Å². The van der Waals surface area contributed by atoms with Crippen LogP contribution in [0.15, 0.2) is 66.9 Å². The van der Waals surface area contributed by atoms with E-state index in [1.807, 2.05) is 24.3 Å². The highest BCUT2D eigenvalue weighted by atomic mass is 16.7. The average molecular weight is 536 g/mol. The van der Waals surface area contributed by atoms with E-state index in [0.717, 1.165) is 11.1 Å². The van der Waals surface area contributed by atoms with E-state index in [1.54, 1.807) is 45.0 Å². The Balaban J connectivity index is 1.61. The zero-order chi connectivity index (χ0) is 28.0. The van der Waals surface area contributed by atoms with E-state index in [9.17, 15) is 19.7 Å². The summed E-state index contributed by atoms with van der Waals surface area (Å²) in [7, 11) is 0. The lowest BCUT2D eigenvalue weighted by Crippen LogP contribution is -2.56. The predicted octanol–water partition coefficient (Wildman–Crippen LogP) is 5.85. The molecule has 3 aromatic rings. The molecule has 11 heteroatoms. The molecule has 0 unspecified atom stereocenters. The van der Waals surface area contributed by atoms with Crippen molar-refractivity contribution in [2.75, 3.05) is 0 Å². The number of hydrogen-bond donors (Lipinski definition) is 1. The zero-order valence-electron chi connectivity index (χ0n) is 21.8. The number of nitrogens with one attached hydrogen (secondary N) is 1. The first-order chi connectivity index (χ1) is 18.5. The highest BCUT2D eigenvalue weighted by molar-refractivity contribution is 5.70. The molecule has 1 amide bonds. The maximum absolute atomic E-state index is 12.8. The third-order valence-corrected chi connectivity index (χ3v) is 5.85. The van der Waals surface area contributed by atoms with Crippen LogP contribution in [0.1, 0.15) is 43.9 Å². The third-order valence-electron chi connectivity index (χ3n) is 5.85. The number of aromatic nitrogens is 1. The van der Waals surface area contributed by atoms with Crippen LogP contribution >= 0.6 is 0 Å². The minimum atomic E-state index is -1.53. The molecular formula is C28H29N3O8. The van der Waals surface area contributed by atoms with Gasteiger partial charge in [-0.05, 0) is 50.5 Å². The molecule has 0 fully saturated rings. The molecule has 1 N–H and O–H groups in total. The number of carbonyl (C=O) groups is 2. The number of carbonyl (C=O) groups excluding carboxylic acids is 2. The predicted molar refractivity (Wildman–Crippen MR) is 139 cm³/mol. The molecule has 1 aliphatic rings. The molecule has 4 rings (SSSR count). The molecule has 204 valence electrons. The van der Waals surface area contributed by atoms with Crippen molar-refractivity contribution in [3.05, 3.63) is 93.7 Å². The summed E-state index contributed by atoms with van der Waals surface area (Å²) in [5.41, 5.74) is -0.393. The van der Waals surface area contributed by atoms with Gasteiger partial charge in [-0.25, -0.2) is 14.6 Å². The van der Waals surface area contributed by atoms with Gasteiger partial charge >= 0.3 is 17.9 Å². The number of alkyl carbamates (subject to hydrolysis) is 1. The van der Waals surface area contributed by atoms with Crippen molar-refractivity contribution in [2.24, 2.45) is 0 Å². The molecule has 1 aliphatic carbocycles. The standard InChI is InChI=1S/C28H29N3O8/c1-27(2,3)38-25(32)30-28(39-26(33)36-18-19-9-5-4-6-10-19)15-14-20-11-7-13-23(21(20)17-28)37-24-22(31(34)35)12-8-16-29-24/h4-13,16H,14-15,17-18H2,1-3H3,(H,30,32)/t28-/m1/s1. The number of nitro groups is 1. The second-order valence-electron chi connectivity index (χ2n) is 10.0. The summed E-state index contributed by atoms with van der Waals surface area (Å²) in [4.78, 5) is 40.5. The molecule has 39 heavy (non-hydrogen) atoms. The first-order valence-corrected chi connectivity index (χ1v) is 12.3. The van der Waals surface area contributed by atoms with Crippen molar-refractivity contribution >= 4 is 17.9 Å². The Morgan fingerprint density at radius 2 is 1.85 bits per heavy atom. The van der Waals surface area contributed by atoms with Gasteiger partial charge in [0.25, 0.3) is 5.88 Å². The van der Waals surface area contributed by atoms with Gasteiger partial charge in [-0.15, -0.1) is 0 Å². The molecule has 1 heterocycles. The molecule has 0 saturated heterocycles. The summed E-state index contributed by atoms with van der Waals surface area (Å²) in [6.45, 7) is 5.14. The highest BCUT2D eigenvalue weighted by Crippen LogP contribution is 2.39. The van der Waals surface area contributed by atoms with Crippen LogP contribution in [-0.2, 0) is 33.7 Å². The van der Waals surface area contributed by atoms with Crippen LogP contribution in [0.4, 0.5) is 15.3 Å². The quantitative estimate of drug-likeness (QED) is 0.171. The summed E-state index contributed by atoms with van der Waals surface area (Å²) in [5, 5.41) is 14.2. The molecule has 0 saturated carbocycles. The maximum Gasteiger partial charge on any atom is 0.510 e. The minimum absolute atomic E-state index is 0.00117. The summed E-state index contributed by atoms with van der Waals surface area (Å²) in [6.07, 6.45) is 0.264. The van der Waals surface area contributed by atoms with Crippen molar-refractivity contribution < 1.29 is 33.5 Å². The molecule has 11 nitrogen and oxygen atoms in total. The van der Waals surface area contributed by atoms with Crippen LogP contribution in [0.3, 0.4) is 0 Å². The fourth-order valence-electron chi connectivity index (χ4n) is 4.17. The van der Waals surface area contributed by atoms with Crippen LogP contribution in [0.2, 0.25) is 0 Å². The van der Waals surface area contributed by atoms with Gasteiger partial charge in [-0.1, -0.05) is 42.5 Å². The maximum atomic E-state index is 12.8. The molecule has 0 aliphatic heterocycles. The number of pyridine rings is 1. The van der Waals surface area contributed by atoms with E-state index in [-0.39, 0.29) is 36.8 Å². The topological polar surface area (TPSA) is 139 Å². The molecule has 0 radical (unpaired) electrons. The lowest BCUT2D eigenvalue weighted by Gasteiger charge is -2.38. The van der Waals surface area contributed by atoms with Gasteiger partial charge in [0.2, 0.25) is 0 Å². The van der Waals surface area contributed by atoms with Gasteiger partial charge in [-0.3, -0.25) is 15.4 Å². The van der Waals surface area contributed by atoms with E-state index >= 15 is 0 Å². The SMILES string of the molecule is CC(C)(C)OC(=O)N[C@@]1(OC(=O)OCc2ccccc2)CCc2cccc(Oc3ncccc3[N+](=O)[O-])c2C1. The number of benzene rings is 2. The summed E-state index contributed by atoms with van der Waals surface area (Å²) in [6, 6.07) is 17.1. The van der Waals surface area contributed by atoms with Crippen molar-refractivity contribution in [1.29, 1.82) is 0 Å². The van der Waals surface area contributed by atoms with Gasteiger partial charge in [-0.2, -0.15) is 0 Å². The van der Waals surface area contributed by atoms with Crippen LogP contribution in [0.25, 0.3) is 0 Å². The van der Waals surface area contributed by atoms with Gasteiger partial charge in [0.1, 0.15) is 18.0 Å². The smallest absolute Gasteiger partial charge is 0.444 e. The van der Waals surface area contributed by atoms with Crippen molar-refractivity contribution in [3.63, 3.8) is 0 Å². The van der Waals surface area contributed by atoms with Gasteiger partial charge in [0.15, 0.2) is 5.72 Å². The first kappa shape index (κ1) is 27.4. The lowest BCUT2D eigenvalue weighted by molar-refractivity contribution is -0.386. The van der Waals surface area contributed by atoms with E-state index in [2.05, 4.69) is 10.3 Å². The number of nitrogens with zero attached hydrogens (tertiary/aromatic N) is 2. The van der Waals surface area contributed by atoms with E-state index in [1.165, 1.54) is 18.3 Å². The zero-order valence-corrected chi connectivity index (χ0v) is 21.8. The Morgan fingerprint density at radius 1 is 1.08 bits per heavy atom. The third kappa shape index (κ3) is 7.22. The summed E-state index contributed by atoms with van der Waals surface area (Å²) in [5.74, 6) is 0.0981. The molecular weight excluding hydrogens is 506 g/mol. The number of hydrogen-bond acceptors (Lipinski definition) is 9. The number of fused-ring (bicyclic) bond motifs is 1. The Bertz CT molecular complexity index is 1360. The van der Waals surface area contributed by atoms with Crippen molar-refractivity contribution in [3.8, 4) is 11.6 Å². The van der Waals surface area contributed by atoms with Crippen LogP contribution < -0.4 is 10.1 Å². The fraction of sp³-hybridized carbons (Fsp3) is 0.321. The Hall–Kier alpha value is -4.67. The molecule has 0 bridgehead atoms. The van der Waals surface area contributed by atoms with Gasteiger partial charge in [0.05, 0.1) is 4.92 Å². The number of amides is 1. The molecule has 0 spiro atoms. The molecule has 2 aromatic carbocycles. The van der Waals surface area contributed by atoms with Crippen LogP contribution in [0, 0.1) is 10.1 Å². The Kier molecular flexibility index (Phi) is 7.99. The van der Waals surface area contributed by atoms with Crippen molar-refractivity contribution in [1.82, 2.24) is 10.3 Å².